The summed E-state index contributed by atoms with van der Waals surface area (Å²) in [6.07, 6.45) is 0. The Morgan fingerprint density at radius 1 is 1.33 bits per heavy atom. The minimum absolute atomic E-state index is 0.0179. The van der Waals surface area contributed by atoms with E-state index in [1.165, 1.54) is 0 Å². The maximum Gasteiger partial charge on any atom is 0.180 e. The molecule has 2 aromatic carbocycles. The number of carbonyl (C=O) groups is 1. The second-order valence-corrected chi connectivity index (χ2v) is 6.20. The molecule has 0 saturated heterocycles. The standard InChI is InChI=1S/C14H12Br2O2/c1-8(15)13(17)12-10-6-4-3-5-9(10)7-11(16)14(12)18-2/h3-8H,1-2H3. The Balaban J connectivity index is 2.85. The molecule has 2 aromatic rings. The van der Waals surface area contributed by atoms with Crippen molar-refractivity contribution in [1.82, 2.24) is 0 Å². The second-order valence-electron chi connectivity index (χ2n) is 3.97. The van der Waals surface area contributed by atoms with Crippen LogP contribution in [0.25, 0.3) is 10.8 Å². The molecule has 0 spiro atoms. The topological polar surface area (TPSA) is 26.3 Å². The zero-order chi connectivity index (χ0) is 13.3. The number of carbonyl (C=O) groups excluding carboxylic acids is 1. The summed E-state index contributed by atoms with van der Waals surface area (Å²) < 4.78 is 6.16. The summed E-state index contributed by atoms with van der Waals surface area (Å²) >= 11 is 6.78. The van der Waals surface area contributed by atoms with Crippen LogP contribution in [0.15, 0.2) is 34.8 Å². The Hall–Kier alpha value is -0.870. The van der Waals surface area contributed by atoms with E-state index in [9.17, 15) is 4.79 Å². The average molecular weight is 372 g/mol. The largest absolute Gasteiger partial charge is 0.495 e. The molecule has 0 aliphatic carbocycles. The highest BCUT2D eigenvalue weighted by molar-refractivity contribution is 9.10. The number of hydrogen-bond acceptors (Lipinski definition) is 2. The predicted molar refractivity (Wildman–Crippen MR) is 80.9 cm³/mol. The van der Waals surface area contributed by atoms with Crippen molar-refractivity contribution >= 4 is 48.4 Å². The van der Waals surface area contributed by atoms with Crippen LogP contribution in [0.1, 0.15) is 17.3 Å². The van der Waals surface area contributed by atoms with Crippen LogP contribution in [0.3, 0.4) is 0 Å². The van der Waals surface area contributed by atoms with E-state index in [2.05, 4.69) is 31.9 Å². The maximum absolute atomic E-state index is 12.3. The smallest absolute Gasteiger partial charge is 0.180 e. The molecule has 0 fully saturated rings. The highest BCUT2D eigenvalue weighted by Crippen LogP contribution is 2.36. The van der Waals surface area contributed by atoms with Gasteiger partial charge in [0.2, 0.25) is 0 Å². The van der Waals surface area contributed by atoms with Gasteiger partial charge in [0.1, 0.15) is 5.75 Å². The molecule has 0 heterocycles. The molecular formula is C14H12Br2O2. The van der Waals surface area contributed by atoms with Gasteiger partial charge < -0.3 is 4.74 Å². The molecule has 0 N–H and O–H groups in total. The third-order valence-electron chi connectivity index (χ3n) is 2.77. The van der Waals surface area contributed by atoms with Gasteiger partial charge in [-0.1, -0.05) is 40.2 Å². The van der Waals surface area contributed by atoms with E-state index in [-0.39, 0.29) is 10.6 Å². The van der Waals surface area contributed by atoms with Crippen molar-refractivity contribution in [3.63, 3.8) is 0 Å². The molecule has 0 saturated carbocycles. The molecule has 94 valence electrons. The zero-order valence-electron chi connectivity index (χ0n) is 10.0. The van der Waals surface area contributed by atoms with Gasteiger partial charge in [-0.2, -0.15) is 0 Å². The highest BCUT2D eigenvalue weighted by atomic mass is 79.9. The van der Waals surface area contributed by atoms with Crippen LogP contribution < -0.4 is 4.74 Å². The summed E-state index contributed by atoms with van der Waals surface area (Å²) in [5, 5.41) is 1.93. The quantitative estimate of drug-likeness (QED) is 0.583. The molecular weight excluding hydrogens is 360 g/mol. The van der Waals surface area contributed by atoms with E-state index in [0.717, 1.165) is 15.2 Å². The summed E-state index contributed by atoms with van der Waals surface area (Å²) in [4.78, 5) is 12.1. The van der Waals surface area contributed by atoms with Gasteiger partial charge in [0, 0.05) is 0 Å². The number of ether oxygens (including phenoxy) is 1. The van der Waals surface area contributed by atoms with Gasteiger partial charge in [0.05, 0.1) is 22.0 Å². The van der Waals surface area contributed by atoms with Crippen molar-refractivity contribution in [1.29, 1.82) is 0 Å². The van der Waals surface area contributed by atoms with Crippen LogP contribution in [0.5, 0.6) is 5.75 Å². The van der Waals surface area contributed by atoms with Gasteiger partial charge in [-0.15, -0.1) is 0 Å². The fraction of sp³-hybridized carbons (Fsp3) is 0.214. The number of alkyl halides is 1. The van der Waals surface area contributed by atoms with E-state index in [4.69, 9.17) is 4.74 Å². The Morgan fingerprint density at radius 3 is 2.61 bits per heavy atom. The average Bonchev–Trinajstić information content (AvgIpc) is 2.36. The summed E-state index contributed by atoms with van der Waals surface area (Å²) in [5.41, 5.74) is 0.617. The summed E-state index contributed by atoms with van der Waals surface area (Å²) in [6, 6.07) is 9.75. The van der Waals surface area contributed by atoms with E-state index in [1.807, 2.05) is 37.3 Å². The molecule has 0 aliphatic rings. The Bertz CT molecular complexity index is 606. The molecule has 4 heteroatoms. The predicted octanol–water partition coefficient (Wildman–Crippen LogP) is 4.58. The van der Waals surface area contributed by atoms with Gasteiger partial charge in [-0.3, -0.25) is 4.79 Å². The lowest BCUT2D eigenvalue weighted by Crippen LogP contribution is -2.12. The molecule has 0 aromatic heterocycles. The van der Waals surface area contributed by atoms with E-state index < -0.39 is 0 Å². The van der Waals surface area contributed by atoms with Gasteiger partial charge in [-0.05, 0) is 39.7 Å². The van der Waals surface area contributed by atoms with Crippen molar-refractivity contribution in [2.24, 2.45) is 0 Å². The lowest BCUT2D eigenvalue weighted by atomic mass is 9.99. The highest BCUT2D eigenvalue weighted by Gasteiger charge is 2.22. The molecule has 1 atom stereocenters. The molecule has 0 amide bonds. The van der Waals surface area contributed by atoms with Crippen molar-refractivity contribution in [3.8, 4) is 5.75 Å². The van der Waals surface area contributed by atoms with Gasteiger partial charge >= 0.3 is 0 Å². The van der Waals surface area contributed by atoms with Crippen LogP contribution in [0, 0.1) is 0 Å². The molecule has 0 radical (unpaired) electrons. The van der Waals surface area contributed by atoms with Gasteiger partial charge in [0.15, 0.2) is 5.78 Å². The number of halogens is 2. The van der Waals surface area contributed by atoms with E-state index in [0.29, 0.717) is 11.3 Å². The van der Waals surface area contributed by atoms with Crippen LogP contribution in [-0.4, -0.2) is 17.7 Å². The number of Topliss-reactive ketones (excluding diaryl/α,β-unsaturated/α-hetero) is 1. The zero-order valence-corrected chi connectivity index (χ0v) is 13.2. The third-order valence-corrected chi connectivity index (χ3v) is 3.77. The first kappa shape index (κ1) is 13.6. The molecule has 0 aliphatic heterocycles. The first-order valence-corrected chi connectivity index (χ1v) is 7.20. The fourth-order valence-electron chi connectivity index (χ4n) is 1.94. The van der Waals surface area contributed by atoms with Gasteiger partial charge in [0.25, 0.3) is 0 Å². The van der Waals surface area contributed by atoms with Gasteiger partial charge in [-0.25, -0.2) is 0 Å². The van der Waals surface area contributed by atoms with E-state index in [1.54, 1.807) is 7.11 Å². The second kappa shape index (κ2) is 5.41. The van der Waals surface area contributed by atoms with Crippen molar-refractivity contribution < 1.29 is 9.53 Å². The Kier molecular flexibility index (Phi) is 4.07. The normalized spacial score (nSPS) is 12.4. The number of hydrogen-bond donors (Lipinski definition) is 0. The maximum atomic E-state index is 12.3. The number of methoxy groups -OCH3 is 1. The van der Waals surface area contributed by atoms with Crippen LogP contribution in [0.2, 0.25) is 0 Å². The number of fused-ring (bicyclic) bond motifs is 1. The van der Waals surface area contributed by atoms with Crippen molar-refractivity contribution in [2.75, 3.05) is 7.11 Å². The fourth-order valence-corrected chi connectivity index (χ4v) is 2.77. The van der Waals surface area contributed by atoms with Crippen molar-refractivity contribution in [2.45, 2.75) is 11.8 Å². The number of rotatable bonds is 3. The lowest BCUT2D eigenvalue weighted by molar-refractivity contribution is 0.0994. The third kappa shape index (κ3) is 2.31. The lowest BCUT2D eigenvalue weighted by Gasteiger charge is -2.14. The number of ketones is 1. The SMILES string of the molecule is COc1c(Br)cc2ccccc2c1C(=O)C(C)Br. The monoisotopic (exact) mass is 370 g/mol. The summed E-state index contributed by atoms with van der Waals surface area (Å²) in [7, 11) is 1.57. The molecule has 2 rings (SSSR count). The first-order valence-electron chi connectivity index (χ1n) is 5.49. The number of benzene rings is 2. The Labute approximate surface area is 123 Å². The molecule has 2 nitrogen and oxygen atoms in total. The van der Waals surface area contributed by atoms with E-state index >= 15 is 0 Å². The molecule has 1 unspecified atom stereocenters. The van der Waals surface area contributed by atoms with Crippen molar-refractivity contribution in [3.05, 3.63) is 40.4 Å². The summed E-state index contributed by atoms with van der Waals surface area (Å²) in [6.45, 7) is 1.82. The minimum atomic E-state index is -0.246. The van der Waals surface area contributed by atoms with Crippen LogP contribution in [0.4, 0.5) is 0 Å². The molecule has 18 heavy (non-hydrogen) atoms. The Morgan fingerprint density at radius 2 is 2.00 bits per heavy atom. The first-order chi connectivity index (χ1) is 8.56. The van der Waals surface area contributed by atoms with Crippen LogP contribution >= 0.6 is 31.9 Å². The molecule has 0 bridgehead atoms. The minimum Gasteiger partial charge on any atom is -0.495 e. The summed E-state index contributed by atoms with van der Waals surface area (Å²) in [5.74, 6) is 0.606. The van der Waals surface area contributed by atoms with Crippen LogP contribution in [-0.2, 0) is 0 Å².